The van der Waals surface area contributed by atoms with Crippen molar-refractivity contribution in [3.63, 3.8) is 0 Å². The maximum Gasteiger partial charge on any atom is 0.0640 e. The molecule has 2 nitrogen and oxygen atoms in total. The van der Waals surface area contributed by atoms with Gasteiger partial charge in [0.2, 0.25) is 0 Å². The summed E-state index contributed by atoms with van der Waals surface area (Å²) in [5.74, 6) is 0. The highest BCUT2D eigenvalue weighted by molar-refractivity contribution is 6.25. The lowest BCUT2D eigenvalue weighted by Crippen LogP contribution is -2.10. The second-order valence-corrected chi connectivity index (χ2v) is 13.8. The third kappa shape index (κ3) is 5.53. The number of benzene rings is 9. The highest BCUT2D eigenvalue weighted by Crippen LogP contribution is 2.47. The summed E-state index contributed by atoms with van der Waals surface area (Å²) in [5, 5.41) is 4.84. The van der Waals surface area contributed by atoms with Crippen LogP contribution in [-0.2, 0) is 0 Å². The maximum atomic E-state index is 2.46. The van der Waals surface area contributed by atoms with Gasteiger partial charge in [0.15, 0.2) is 0 Å². The third-order valence-corrected chi connectivity index (χ3v) is 10.6. The lowest BCUT2D eigenvalue weighted by molar-refractivity contribution is 1.19. The standard InChI is InChI=1S/C52H36N2/c1-5-15-37(16-6-1)39-25-27-41(28-26-39)42-31-34-49-48(35-42)51-50(36-43-19-13-14-24-47(43)52(51)54(49)45-22-11-4-12-23-45)53(44-20-9-3-10-21-44)46-32-29-40(30-33-46)38-17-7-2-8-18-38/h1-36H. The van der Waals surface area contributed by atoms with E-state index in [4.69, 9.17) is 0 Å². The van der Waals surface area contributed by atoms with E-state index in [2.05, 4.69) is 228 Å². The minimum atomic E-state index is 1.10. The van der Waals surface area contributed by atoms with Gasteiger partial charge in [-0.3, -0.25) is 0 Å². The van der Waals surface area contributed by atoms with Gasteiger partial charge in [0.25, 0.3) is 0 Å². The zero-order valence-electron chi connectivity index (χ0n) is 29.7. The van der Waals surface area contributed by atoms with Gasteiger partial charge in [-0.1, -0.05) is 164 Å². The number of anilines is 3. The van der Waals surface area contributed by atoms with Gasteiger partial charge in [-0.05, 0) is 93.4 Å². The highest BCUT2D eigenvalue weighted by Gasteiger charge is 2.24. The first-order chi connectivity index (χ1) is 26.8. The van der Waals surface area contributed by atoms with Gasteiger partial charge < -0.3 is 9.47 Å². The number of nitrogens with zero attached hydrogens (tertiary/aromatic N) is 2. The Morgan fingerprint density at radius 1 is 0.333 bits per heavy atom. The predicted octanol–water partition coefficient (Wildman–Crippen LogP) is 14.4. The molecule has 0 aliphatic heterocycles. The Hall–Kier alpha value is -7.16. The van der Waals surface area contributed by atoms with Crippen molar-refractivity contribution < 1.29 is 0 Å². The van der Waals surface area contributed by atoms with Crippen molar-refractivity contribution >= 4 is 49.6 Å². The molecule has 54 heavy (non-hydrogen) atoms. The molecule has 0 bridgehead atoms. The first-order valence-corrected chi connectivity index (χ1v) is 18.5. The van der Waals surface area contributed by atoms with Crippen LogP contribution in [0.3, 0.4) is 0 Å². The van der Waals surface area contributed by atoms with E-state index in [9.17, 15) is 0 Å². The SMILES string of the molecule is c1ccc(-c2ccc(-c3ccc4c(c3)c3c(N(c5ccccc5)c5ccc(-c6ccccc6)cc5)cc5ccccc5c3n4-c3ccccc3)cc2)cc1. The van der Waals surface area contributed by atoms with Crippen LogP contribution in [0, 0.1) is 0 Å². The van der Waals surface area contributed by atoms with Gasteiger partial charge in [0.1, 0.15) is 0 Å². The van der Waals surface area contributed by atoms with E-state index in [1.165, 1.54) is 66.0 Å². The molecular weight excluding hydrogens is 653 g/mol. The van der Waals surface area contributed by atoms with E-state index in [0.717, 1.165) is 22.7 Å². The molecule has 0 saturated heterocycles. The Morgan fingerprint density at radius 3 is 1.43 bits per heavy atom. The summed E-state index contributed by atoms with van der Waals surface area (Å²) in [6.45, 7) is 0. The molecule has 10 rings (SSSR count). The number of fused-ring (bicyclic) bond motifs is 5. The third-order valence-electron chi connectivity index (χ3n) is 10.6. The Balaban J connectivity index is 1.26. The lowest BCUT2D eigenvalue weighted by atomic mass is 9.97. The molecule has 0 fully saturated rings. The first-order valence-electron chi connectivity index (χ1n) is 18.5. The zero-order valence-corrected chi connectivity index (χ0v) is 29.7. The smallest absolute Gasteiger partial charge is 0.0640 e. The van der Waals surface area contributed by atoms with Gasteiger partial charge in [0.05, 0.1) is 16.7 Å². The van der Waals surface area contributed by atoms with Crippen molar-refractivity contribution in [3.05, 3.63) is 218 Å². The van der Waals surface area contributed by atoms with Crippen LogP contribution in [0.1, 0.15) is 0 Å². The summed E-state index contributed by atoms with van der Waals surface area (Å²) in [6, 6.07) is 78.9. The molecule has 2 heteroatoms. The number of aromatic nitrogens is 1. The average molecular weight is 689 g/mol. The van der Waals surface area contributed by atoms with Gasteiger partial charge in [0, 0.05) is 33.2 Å². The number of hydrogen-bond acceptors (Lipinski definition) is 1. The van der Waals surface area contributed by atoms with Crippen LogP contribution in [0.2, 0.25) is 0 Å². The molecule has 0 radical (unpaired) electrons. The largest absolute Gasteiger partial charge is 0.310 e. The molecule has 0 saturated carbocycles. The molecule has 0 aliphatic carbocycles. The molecule has 9 aromatic carbocycles. The van der Waals surface area contributed by atoms with Gasteiger partial charge in [-0.15, -0.1) is 0 Å². The summed E-state index contributed by atoms with van der Waals surface area (Å²) in [5.41, 5.74) is 14.1. The van der Waals surface area contributed by atoms with Crippen LogP contribution < -0.4 is 4.90 Å². The molecule has 0 unspecified atom stereocenters. The van der Waals surface area contributed by atoms with Crippen LogP contribution in [0.4, 0.5) is 17.1 Å². The molecule has 254 valence electrons. The summed E-state index contributed by atoms with van der Waals surface area (Å²) in [7, 11) is 0. The fourth-order valence-electron chi connectivity index (χ4n) is 7.99. The van der Waals surface area contributed by atoms with Gasteiger partial charge >= 0.3 is 0 Å². The second kappa shape index (κ2) is 13.4. The molecule has 10 aromatic rings. The molecule has 0 aliphatic rings. The van der Waals surface area contributed by atoms with E-state index in [-0.39, 0.29) is 0 Å². The van der Waals surface area contributed by atoms with Crippen molar-refractivity contribution in [2.45, 2.75) is 0 Å². The van der Waals surface area contributed by atoms with Crippen molar-refractivity contribution in [2.24, 2.45) is 0 Å². The van der Waals surface area contributed by atoms with Crippen LogP contribution in [0.5, 0.6) is 0 Å². The molecule has 1 heterocycles. The fourth-order valence-corrected chi connectivity index (χ4v) is 7.99. The normalized spacial score (nSPS) is 11.3. The summed E-state index contributed by atoms with van der Waals surface area (Å²) < 4.78 is 2.46. The summed E-state index contributed by atoms with van der Waals surface area (Å²) in [4.78, 5) is 2.43. The van der Waals surface area contributed by atoms with Crippen LogP contribution in [0.15, 0.2) is 218 Å². The maximum absolute atomic E-state index is 2.46. The second-order valence-electron chi connectivity index (χ2n) is 13.8. The summed E-state index contributed by atoms with van der Waals surface area (Å²) >= 11 is 0. The lowest BCUT2D eigenvalue weighted by Gasteiger charge is -2.27. The summed E-state index contributed by atoms with van der Waals surface area (Å²) in [6.07, 6.45) is 0. The number of hydrogen-bond donors (Lipinski definition) is 0. The monoisotopic (exact) mass is 688 g/mol. The first kappa shape index (κ1) is 31.6. The van der Waals surface area contributed by atoms with Crippen molar-refractivity contribution in [3.8, 4) is 39.1 Å². The molecule has 0 atom stereocenters. The number of rotatable bonds is 7. The highest BCUT2D eigenvalue weighted by atomic mass is 15.1. The van der Waals surface area contributed by atoms with Gasteiger partial charge in [-0.2, -0.15) is 0 Å². The van der Waals surface area contributed by atoms with Crippen LogP contribution >= 0.6 is 0 Å². The molecule has 0 spiro atoms. The van der Waals surface area contributed by atoms with Crippen LogP contribution in [0.25, 0.3) is 71.6 Å². The topological polar surface area (TPSA) is 8.17 Å². The minimum Gasteiger partial charge on any atom is -0.310 e. The predicted molar refractivity (Wildman–Crippen MR) is 229 cm³/mol. The minimum absolute atomic E-state index is 1.10. The van der Waals surface area contributed by atoms with E-state index in [1.807, 2.05) is 0 Å². The molecule has 1 aromatic heterocycles. The van der Waals surface area contributed by atoms with E-state index >= 15 is 0 Å². The number of para-hydroxylation sites is 2. The fraction of sp³-hybridized carbons (Fsp3) is 0. The van der Waals surface area contributed by atoms with E-state index < -0.39 is 0 Å². The van der Waals surface area contributed by atoms with E-state index in [0.29, 0.717) is 0 Å². The zero-order chi connectivity index (χ0) is 35.8. The Bertz CT molecular complexity index is 2880. The quantitative estimate of drug-likeness (QED) is 0.162. The van der Waals surface area contributed by atoms with Gasteiger partial charge in [-0.25, -0.2) is 0 Å². The molecular formula is C52H36N2. The Morgan fingerprint density at radius 2 is 0.796 bits per heavy atom. The molecule has 0 N–H and O–H groups in total. The Labute approximate surface area is 315 Å². The van der Waals surface area contributed by atoms with Crippen molar-refractivity contribution in [1.82, 2.24) is 4.57 Å². The van der Waals surface area contributed by atoms with Crippen molar-refractivity contribution in [1.29, 1.82) is 0 Å². The van der Waals surface area contributed by atoms with Crippen LogP contribution in [-0.4, -0.2) is 4.57 Å². The van der Waals surface area contributed by atoms with Crippen molar-refractivity contribution in [2.75, 3.05) is 4.90 Å². The molecule has 0 amide bonds. The Kier molecular flexibility index (Phi) is 7.85. The average Bonchev–Trinajstić information content (AvgIpc) is 3.60. The van der Waals surface area contributed by atoms with E-state index in [1.54, 1.807) is 0 Å².